The molecule has 2 aromatic rings. The quantitative estimate of drug-likeness (QED) is 0.580. The molecule has 0 heterocycles. The van der Waals surface area contributed by atoms with Crippen LogP contribution >= 0.6 is 0 Å². The minimum atomic E-state index is -0.545. The molecule has 0 saturated carbocycles. The van der Waals surface area contributed by atoms with Gasteiger partial charge >= 0.3 is 5.69 Å². The van der Waals surface area contributed by atoms with Gasteiger partial charge < -0.3 is 15.0 Å². The minimum Gasteiger partial charge on any atom is -0.487 e. The number of nitrogens with zero attached hydrogens (tertiary/aromatic N) is 2. The first-order valence-corrected chi connectivity index (χ1v) is 8.34. The summed E-state index contributed by atoms with van der Waals surface area (Å²) < 4.78 is 5.26. The van der Waals surface area contributed by atoms with E-state index in [4.69, 9.17) is 4.74 Å². The fraction of sp³-hybridized carbons (Fsp3) is 0.316. The van der Waals surface area contributed by atoms with Gasteiger partial charge in [-0.3, -0.25) is 14.9 Å². The second-order valence-corrected chi connectivity index (χ2v) is 6.07. The molecule has 0 aliphatic carbocycles. The van der Waals surface area contributed by atoms with Crippen LogP contribution in [0.2, 0.25) is 0 Å². The molecule has 0 aliphatic heterocycles. The predicted octanol–water partition coefficient (Wildman–Crippen LogP) is 3.03. The van der Waals surface area contributed by atoms with Gasteiger partial charge in [0.05, 0.1) is 17.6 Å². The summed E-state index contributed by atoms with van der Waals surface area (Å²) in [5.41, 5.74) is 0.971. The van der Waals surface area contributed by atoms with Gasteiger partial charge in [0, 0.05) is 18.2 Å². The Balaban J connectivity index is 2.26. The summed E-state index contributed by atoms with van der Waals surface area (Å²) in [7, 11) is 3.84. The smallest absolute Gasteiger partial charge is 0.311 e. The first-order valence-electron chi connectivity index (χ1n) is 8.34. The monoisotopic (exact) mass is 357 g/mol. The molecule has 0 spiro atoms. The zero-order valence-corrected chi connectivity index (χ0v) is 15.1. The lowest BCUT2D eigenvalue weighted by Crippen LogP contribution is -2.35. The predicted molar refractivity (Wildman–Crippen MR) is 99.5 cm³/mol. The molecule has 0 aromatic heterocycles. The Bertz CT molecular complexity index is 763. The van der Waals surface area contributed by atoms with E-state index in [-0.39, 0.29) is 28.9 Å². The van der Waals surface area contributed by atoms with Gasteiger partial charge in [-0.25, -0.2) is 0 Å². The number of likely N-dealkylation sites (N-methyl/N-ethyl adjacent to an activating group) is 1. The fourth-order valence-electron chi connectivity index (χ4n) is 2.61. The van der Waals surface area contributed by atoms with Crippen LogP contribution in [0.1, 0.15) is 28.9 Å². The number of carbonyl (C=O) groups is 1. The van der Waals surface area contributed by atoms with Crippen molar-refractivity contribution in [3.05, 3.63) is 69.8 Å². The lowest BCUT2D eigenvalue weighted by Gasteiger charge is -2.23. The van der Waals surface area contributed by atoms with Gasteiger partial charge in [0.25, 0.3) is 5.91 Å². The van der Waals surface area contributed by atoms with Crippen LogP contribution in [0, 0.1) is 10.1 Å². The Kier molecular flexibility index (Phi) is 6.68. The van der Waals surface area contributed by atoms with Gasteiger partial charge in [-0.15, -0.1) is 0 Å². The molecule has 2 rings (SSSR count). The van der Waals surface area contributed by atoms with Crippen molar-refractivity contribution < 1.29 is 14.5 Å². The second kappa shape index (κ2) is 8.96. The number of hydrogen-bond acceptors (Lipinski definition) is 5. The highest BCUT2D eigenvalue weighted by atomic mass is 16.6. The molecule has 1 atom stereocenters. The summed E-state index contributed by atoms with van der Waals surface area (Å²) in [6.45, 7) is 2.66. The van der Waals surface area contributed by atoms with Crippen LogP contribution in [0.5, 0.6) is 5.75 Å². The molecule has 0 fully saturated rings. The number of nitrogens with one attached hydrogen (secondary N) is 1. The minimum absolute atomic E-state index is 0.155. The number of hydrogen-bond donors (Lipinski definition) is 1. The van der Waals surface area contributed by atoms with E-state index in [0.29, 0.717) is 13.2 Å². The first kappa shape index (κ1) is 19.4. The van der Waals surface area contributed by atoms with Crippen molar-refractivity contribution in [3.8, 4) is 5.75 Å². The molecular weight excluding hydrogens is 334 g/mol. The summed E-state index contributed by atoms with van der Waals surface area (Å²) in [6, 6.07) is 13.6. The molecule has 7 nitrogen and oxygen atoms in total. The maximum absolute atomic E-state index is 12.7. The van der Waals surface area contributed by atoms with E-state index in [1.54, 1.807) is 6.92 Å². The molecule has 1 N–H and O–H groups in total. The van der Waals surface area contributed by atoms with E-state index in [9.17, 15) is 14.9 Å². The van der Waals surface area contributed by atoms with Gasteiger partial charge in [0.15, 0.2) is 5.75 Å². The Hall–Kier alpha value is -2.93. The lowest BCUT2D eigenvalue weighted by atomic mass is 10.1. The SMILES string of the molecule is CCOc1ccc(C(=O)N[C@@H](CN(C)C)c2ccccc2)cc1[N+](=O)[O-]. The van der Waals surface area contributed by atoms with Crippen LogP contribution in [-0.4, -0.2) is 43.0 Å². The highest BCUT2D eigenvalue weighted by Crippen LogP contribution is 2.28. The molecule has 0 unspecified atom stereocenters. The Morgan fingerprint density at radius 3 is 2.50 bits per heavy atom. The van der Waals surface area contributed by atoms with E-state index >= 15 is 0 Å². The van der Waals surface area contributed by atoms with Gasteiger partial charge in [-0.05, 0) is 38.7 Å². The average molecular weight is 357 g/mol. The fourth-order valence-corrected chi connectivity index (χ4v) is 2.61. The Morgan fingerprint density at radius 1 is 1.23 bits per heavy atom. The zero-order chi connectivity index (χ0) is 19.1. The summed E-state index contributed by atoms with van der Waals surface area (Å²) >= 11 is 0. The van der Waals surface area contributed by atoms with E-state index in [2.05, 4.69) is 5.32 Å². The van der Waals surface area contributed by atoms with Crippen LogP contribution in [0.25, 0.3) is 0 Å². The van der Waals surface area contributed by atoms with Gasteiger partial charge in [-0.2, -0.15) is 0 Å². The van der Waals surface area contributed by atoms with Crippen molar-refractivity contribution in [3.63, 3.8) is 0 Å². The number of ether oxygens (including phenoxy) is 1. The molecule has 0 saturated heterocycles. The molecular formula is C19H23N3O4. The summed E-state index contributed by atoms with van der Waals surface area (Å²) in [5, 5.41) is 14.2. The maximum Gasteiger partial charge on any atom is 0.311 e. The summed E-state index contributed by atoms with van der Waals surface area (Å²) in [6.07, 6.45) is 0. The highest BCUT2D eigenvalue weighted by Gasteiger charge is 2.21. The third kappa shape index (κ3) is 5.03. The molecule has 0 bridgehead atoms. The summed E-state index contributed by atoms with van der Waals surface area (Å²) in [4.78, 5) is 25.3. The topological polar surface area (TPSA) is 84.7 Å². The number of nitro benzene ring substituents is 1. The Labute approximate surface area is 152 Å². The molecule has 138 valence electrons. The molecule has 26 heavy (non-hydrogen) atoms. The molecule has 1 amide bonds. The van der Waals surface area contributed by atoms with Crippen molar-refractivity contribution in [2.45, 2.75) is 13.0 Å². The standard InChI is InChI=1S/C19H23N3O4/c1-4-26-18-11-10-15(12-17(18)22(24)25)19(23)20-16(13-21(2)3)14-8-6-5-7-9-14/h5-12,16H,4,13H2,1-3H3,(H,20,23)/t16-/m0/s1. The molecule has 0 aliphatic rings. The van der Waals surface area contributed by atoms with Crippen molar-refractivity contribution in [1.82, 2.24) is 10.2 Å². The van der Waals surface area contributed by atoms with Crippen molar-refractivity contribution in [1.29, 1.82) is 0 Å². The normalized spacial score (nSPS) is 11.8. The number of nitro groups is 1. The van der Waals surface area contributed by atoms with E-state index in [1.165, 1.54) is 18.2 Å². The maximum atomic E-state index is 12.7. The Morgan fingerprint density at radius 2 is 1.92 bits per heavy atom. The first-order chi connectivity index (χ1) is 12.4. The van der Waals surface area contributed by atoms with Gasteiger partial charge in [0.2, 0.25) is 0 Å². The van der Waals surface area contributed by atoms with Gasteiger partial charge in [-0.1, -0.05) is 30.3 Å². The van der Waals surface area contributed by atoms with E-state index in [0.717, 1.165) is 5.56 Å². The second-order valence-electron chi connectivity index (χ2n) is 6.07. The van der Waals surface area contributed by atoms with E-state index in [1.807, 2.05) is 49.3 Å². The summed E-state index contributed by atoms with van der Waals surface area (Å²) in [5.74, 6) is -0.214. The van der Waals surface area contributed by atoms with Gasteiger partial charge in [0.1, 0.15) is 0 Å². The van der Waals surface area contributed by atoms with Crippen LogP contribution in [-0.2, 0) is 0 Å². The number of rotatable bonds is 8. The van der Waals surface area contributed by atoms with Crippen LogP contribution in [0.3, 0.4) is 0 Å². The largest absolute Gasteiger partial charge is 0.487 e. The van der Waals surface area contributed by atoms with Crippen molar-refractivity contribution >= 4 is 11.6 Å². The van der Waals surface area contributed by atoms with Crippen LogP contribution < -0.4 is 10.1 Å². The number of amides is 1. The van der Waals surface area contributed by atoms with Crippen LogP contribution in [0.15, 0.2) is 48.5 Å². The van der Waals surface area contributed by atoms with Crippen molar-refractivity contribution in [2.24, 2.45) is 0 Å². The lowest BCUT2D eigenvalue weighted by molar-refractivity contribution is -0.385. The molecule has 7 heteroatoms. The molecule has 0 radical (unpaired) electrons. The third-order valence-corrected chi connectivity index (χ3v) is 3.77. The highest BCUT2D eigenvalue weighted by molar-refractivity contribution is 5.95. The molecule has 2 aromatic carbocycles. The number of benzene rings is 2. The van der Waals surface area contributed by atoms with E-state index < -0.39 is 4.92 Å². The number of carbonyl (C=O) groups excluding carboxylic acids is 1. The zero-order valence-electron chi connectivity index (χ0n) is 15.1. The third-order valence-electron chi connectivity index (χ3n) is 3.77. The van der Waals surface area contributed by atoms with Crippen molar-refractivity contribution in [2.75, 3.05) is 27.2 Å². The average Bonchev–Trinajstić information content (AvgIpc) is 2.61. The van der Waals surface area contributed by atoms with Crippen LogP contribution in [0.4, 0.5) is 5.69 Å².